The molecule has 76 valence electrons. The van der Waals surface area contributed by atoms with E-state index in [1.807, 2.05) is 19.9 Å². The number of oxime groups is 1. The molecular weight excluding hydrogens is 178 g/mol. The number of carbonyl (C=O) groups excluding carboxylic acids is 1. The Kier molecular flexibility index (Phi) is 6.03. The second kappa shape index (κ2) is 6.83. The molecular formula is C11H15NO2. The minimum absolute atomic E-state index is 0.0931. The largest absolute Gasteiger partial charge is 0.410 e. The molecule has 0 fully saturated rings. The lowest BCUT2D eigenvalue weighted by atomic mass is 10.1. The quantitative estimate of drug-likeness (QED) is 0.445. The van der Waals surface area contributed by atoms with Gasteiger partial charge in [-0.3, -0.25) is 4.79 Å². The van der Waals surface area contributed by atoms with E-state index in [1.165, 1.54) is 6.92 Å². The van der Waals surface area contributed by atoms with Gasteiger partial charge in [0.2, 0.25) is 0 Å². The number of Topliss-reactive ketones (excluding diaryl/α,β-unsaturated/α-hetero) is 1. The molecule has 0 heterocycles. The Balaban J connectivity index is 0.000000791. The van der Waals surface area contributed by atoms with Crippen molar-refractivity contribution in [3.63, 3.8) is 0 Å². The first-order valence-corrected chi connectivity index (χ1v) is 4.54. The second-order valence-electron chi connectivity index (χ2n) is 2.37. The third-order valence-corrected chi connectivity index (χ3v) is 1.48. The van der Waals surface area contributed by atoms with Gasteiger partial charge in [0.1, 0.15) is 0 Å². The van der Waals surface area contributed by atoms with Crippen LogP contribution in [0.2, 0.25) is 0 Å². The van der Waals surface area contributed by atoms with Crippen LogP contribution in [0.3, 0.4) is 0 Å². The molecule has 1 N–H and O–H groups in total. The Morgan fingerprint density at radius 1 is 1.21 bits per heavy atom. The van der Waals surface area contributed by atoms with Crippen LogP contribution in [0, 0.1) is 0 Å². The summed E-state index contributed by atoms with van der Waals surface area (Å²) in [5, 5.41) is 11.4. The van der Waals surface area contributed by atoms with E-state index in [2.05, 4.69) is 5.16 Å². The smallest absolute Gasteiger partial charge is 0.182 e. The zero-order valence-corrected chi connectivity index (χ0v) is 8.69. The summed E-state index contributed by atoms with van der Waals surface area (Å²) in [6, 6.07) is 8.83. The molecule has 14 heavy (non-hydrogen) atoms. The minimum Gasteiger partial charge on any atom is -0.410 e. The molecule has 0 saturated heterocycles. The van der Waals surface area contributed by atoms with Crippen molar-refractivity contribution in [2.45, 2.75) is 20.8 Å². The topological polar surface area (TPSA) is 49.7 Å². The summed E-state index contributed by atoms with van der Waals surface area (Å²) >= 11 is 0. The van der Waals surface area contributed by atoms with Crippen LogP contribution in [-0.4, -0.2) is 16.7 Å². The maximum Gasteiger partial charge on any atom is 0.182 e. The van der Waals surface area contributed by atoms with Gasteiger partial charge in [-0.25, -0.2) is 0 Å². The normalized spacial score (nSPS) is 10.1. The van der Waals surface area contributed by atoms with Crippen molar-refractivity contribution in [1.29, 1.82) is 0 Å². The predicted octanol–water partition coefficient (Wildman–Crippen LogP) is 2.48. The minimum atomic E-state index is -0.247. The third-order valence-electron chi connectivity index (χ3n) is 1.48. The van der Waals surface area contributed by atoms with Crippen LogP contribution in [0.15, 0.2) is 35.5 Å². The van der Waals surface area contributed by atoms with Crippen LogP contribution < -0.4 is 0 Å². The molecule has 0 aliphatic carbocycles. The van der Waals surface area contributed by atoms with Crippen LogP contribution in [-0.2, 0) is 4.79 Å². The summed E-state index contributed by atoms with van der Waals surface area (Å²) in [5.74, 6) is -0.247. The van der Waals surface area contributed by atoms with Crippen molar-refractivity contribution in [3.8, 4) is 0 Å². The van der Waals surface area contributed by atoms with Crippen LogP contribution in [0.4, 0.5) is 0 Å². The van der Waals surface area contributed by atoms with Gasteiger partial charge >= 0.3 is 0 Å². The maximum absolute atomic E-state index is 10.9. The first-order valence-electron chi connectivity index (χ1n) is 4.54. The van der Waals surface area contributed by atoms with E-state index in [-0.39, 0.29) is 11.5 Å². The molecule has 0 unspecified atom stereocenters. The highest BCUT2D eigenvalue weighted by Gasteiger charge is 2.07. The molecule has 0 saturated carbocycles. The Labute approximate surface area is 84.1 Å². The number of carbonyl (C=O) groups is 1. The lowest BCUT2D eigenvalue weighted by Gasteiger charge is -1.97. The summed E-state index contributed by atoms with van der Waals surface area (Å²) in [7, 11) is 0. The summed E-state index contributed by atoms with van der Waals surface area (Å²) in [4.78, 5) is 10.9. The first kappa shape index (κ1) is 12.4. The second-order valence-corrected chi connectivity index (χ2v) is 2.37. The molecule has 0 aliphatic heterocycles. The number of hydrogen-bond donors (Lipinski definition) is 1. The van der Waals surface area contributed by atoms with Gasteiger partial charge in [-0.15, -0.1) is 0 Å². The lowest BCUT2D eigenvalue weighted by molar-refractivity contribution is -0.111. The van der Waals surface area contributed by atoms with Crippen LogP contribution in [0.1, 0.15) is 26.3 Å². The molecule has 0 bridgehead atoms. The van der Waals surface area contributed by atoms with E-state index in [4.69, 9.17) is 5.21 Å². The zero-order valence-electron chi connectivity index (χ0n) is 8.69. The first-order chi connectivity index (χ1) is 6.75. The Hall–Kier alpha value is -1.64. The molecule has 0 spiro atoms. The Morgan fingerprint density at radius 3 is 2.07 bits per heavy atom. The highest BCUT2D eigenvalue weighted by atomic mass is 16.4. The molecule has 0 amide bonds. The average molecular weight is 193 g/mol. The molecule has 0 atom stereocenters. The molecule has 1 aromatic carbocycles. The molecule has 0 aliphatic rings. The predicted molar refractivity (Wildman–Crippen MR) is 56.8 cm³/mol. The van der Waals surface area contributed by atoms with Gasteiger partial charge in [-0.1, -0.05) is 49.3 Å². The van der Waals surface area contributed by atoms with E-state index < -0.39 is 0 Å². The SMILES string of the molecule is CC.CC(=O)/C(=N\O)c1ccccc1. The summed E-state index contributed by atoms with van der Waals surface area (Å²) in [6.07, 6.45) is 0. The van der Waals surface area contributed by atoms with E-state index in [1.54, 1.807) is 24.3 Å². The van der Waals surface area contributed by atoms with Gasteiger partial charge in [-0.2, -0.15) is 0 Å². The number of ketones is 1. The van der Waals surface area contributed by atoms with Gasteiger partial charge in [0.25, 0.3) is 0 Å². The molecule has 0 radical (unpaired) electrons. The Morgan fingerprint density at radius 2 is 1.71 bits per heavy atom. The summed E-state index contributed by atoms with van der Waals surface area (Å²) in [6.45, 7) is 5.36. The van der Waals surface area contributed by atoms with Crippen molar-refractivity contribution >= 4 is 11.5 Å². The number of benzene rings is 1. The molecule has 1 rings (SSSR count). The fourth-order valence-electron chi connectivity index (χ4n) is 0.927. The van der Waals surface area contributed by atoms with Crippen LogP contribution in [0.5, 0.6) is 0 Å². The van der Waals surface area contributed by atoms with Crippen molar-refractivity contribution in [2.75, 3.05) is 0 Å². The van der Waals surface area contributed by atoms with Gasteiger partial charge in [0.15, 0.2) is 11.5 Å². The number of rotatable bonds is 2. The lowest BCUT2D eigenvalue weighted by Crippen LogP contribution is -2.11. The molecule has 3 heteroatoms. The van der Waals surface area contributed by atoms with E-state index in [0.29, 0.717) is 5.56 Å². The van der Waals surface area contributed by atoms with Gasteiger partial charge in [0.05, 0.1) is 0 Å². The third kappa shape index (κ3) is 3.39. The van der Waals surface area contributed by atoms with Crippen LogP contribution >= 0.6 is 0 Å². The number of hydrogen-bond acceptors (Lipinski definition) is 3. The fraction of sp³-hybridized carbons (Fsp3) is 0.273. The van der Waals surface area contributed by atoms with Gasteiger partial charge in [0, 0.05) is 12.5 Å². The highest BCUT2D eigenvalue weighted by molar-refractivity contribution is 6.45. The molecule has 3 nitrogen and oxygen atoms in total. The zero-order chi connectivity index (χ0) is 11.0. The van der Waals surface area contributed by atoms with E-state index in [9.17, 15) is 4.79 Å². The van der Waals surface area contributed by atoms with Gasteiger partial charge in [-0.05, 0) is 0 Å². The van der Waals surface area contributed by atoms with Crippen molar-refractivity contribution < 1.29 is 10.0 Å². The number of nitrogens with zero attached hydrogens (tertiary/aromatic N) is 1. The van der Waals surface area contributed by atoms with E-state index in [0.717, 1.165) is 0 Å². The van der Waals surface area contributed by atoms with Crippen molar-refractivity contribution in [2.24, 2.45) is 5.16 Å². The van der Waals surface area contributed by atoms with Gasteiger partial charge < -0.3 is 5.21 Å². The van der Waals surface area contributed by atoms with Crippen LogP contribution in [0.25, 0.3) is 0 Å². The standard InChI is InChI=1S/C9H9NO2.C2H6/c1-7(11)9(10-12)8-5-3-2-4-6-8;1-2/h2-6,12H,1H3;1-2H3/b10-9+;. The summed E-state index contributed by atoms with van der Waals surface area (Å²) < 4.78 is 0. The Bertz CT molecular complexity index is 304. The molecule has 1 aromatic rings. The monoisotopic (exact) mass is 193 g/mol. The van der Waals surface area contributed by atoms with Crippen molar-refractivity contribution in [3.05, 3.63) is 35.9 Å². The fourth-order valence-corrected chi connectivity index (χ4v) is 0.927. The highest BCUT2D eigenvalue weighted by Crippen LogP contribution is 2.01. The summed E-state index contributed by atoms with van der Waals surface area (Å²) in [5.41, 5.74) is 0.725. The van der Waals surface area contributed by atoms with E-state index >= 15 is 0 Å². The van der Waals surface area contributed by atoms with Crippen molar-refractivity contribution in [1.82, 2.24) is 0 Å². The maximum atomic E-state index is 10.9. The molecule has 0 aromatic heterocycles. The average Bonchev–Trinajstić information content (AvgIpc) is 2.23.